The fourth-order valence-electron chi connectivity index (χ4n) is 5.93. The molecule has 6 atom stereocenters. The van der Waals surface area contributed by atoms with Crippen LogP contribution >= 0.6 is 0 Å². The minimum atomic E-state index is 0.115. The highest BCUT2D eigenvalue weighted by Gasteiger charge is 2.45. The Morgan fingerprint density at radius 3 is 2.81 bits per heavy atom. The predicted octanol–water partition coefficient (Wildman–Crippen LogP) is 1.49. The molecule has 27 heavy (non-hydrogen) atoms. The molecule has 0 amide bonds. The van der Waals surface area contributed by atoms with Crippen molar-refractivity contribution in [3.8, 4) is 0 Å². The van der Waals surface area contributed by atoms with Crippen LogP contribution in [0, 0.1) is 29.6 Å². The number of Topliss-reactive ketones (excluding diaryl/α,β-unsaturated/α-hetero) is 1. The van der Waals surface area contributed by atoms with E-state index in [1.54, 1.807) is 0 Å². The second-order valence-corrected chi connectivity index (χ2v) is 9.00. The summed E-state index contributed by atoms with van der Waals surface area (Å²) in [6.07, 6.45) is 6.92. The van der Waals surface area contributed by atoms with Gasteiger partial charge in [-0.1, -0.05) is 6.58 Å². The summed E-state index contributed by atoms with van der Waals surface area (Å²) in [5.41, 5.74) is 4.81. The third kappa shape index (κ3) is 3.02. The lowest BCUT2D eigenvalue weighted by molar-refractivity contribution is -0.110. The zero-order valence-corrected chi connectivity index (χ0v) is 16.0. The van der Waals surface area contributed by atoms with Crippen molar-refractivity contribution in [3.05, 3.63) is 12.2 Å². The zero-order chi connectivity index (χ0) is 18.4. The molecule has 0 radical (unpaired) electrons. The maximum absolute atomic E-state index is 13.3. The number of carbonyl (C=O) groups is 1. The van der Waals surface area contributed by atoms with Gasteiger partial charge in [-0.25, -0.2) is 0 Å². The molecule has 0 aromatic rings. The molecule has 0 spiro atoms. The van der Waals surface area contributed by atoms with Crippen LogP contribution in [0.3, 0.4) is 0 Å². The molecule has 146 valence electrons. The molecule has 1 saturated heterocycles. The van der Waals surface area contributed by atoms with Crippen LogP contribution in [-0.4, -0.2) is 49.6 Å². The molecule has 0 aromatic carbocycles. The fraction of sp³-hybridized carbons (Fsp3) is 0.762. The Morgan fingerprint density at radius 1 is 1.11 bits per heavy atom. The lowest BCUT2D eigenvalue weighted by Crippen LogP contribution is -2.43. The number of carbonyl (C=O) groups excluding carboxylic acids is 1. The van der Waals surface area contributed by atoms with Gasteiger partial charge in [0.2, 0.25) is 5.78 Å². The van der Waals surface area contributed by atoms with Crippen LogP contribution in [0.1, 0.15) is 38.5 Å². The largest absolute Gasteiger partial charge is 0.372 e. The highest BCUT2D eigenvalue weighted by molar-refractivity contribution is 6.47. The molecule has 3 N–H and O–H groups in total. The van der Waals surface area contributed by atoms with Crippen LogP contribution in [0.25, 0.3) is 0 Å². The number of fused-ring (bicyclic) bond motifs is 2. The van der Waals surface area contributed by atoms with E-state index in [1.807, 2.05) is 0 Å². The molecule has 2 saturated carbocycles. The molecule has 6 heteroatoms. The van der Waals surface area contributed by atoms with Crippen molar-refractivity contribution < 1.29 is 4.79 Å². The summed E-state index contributed by atoms with van der Waals surface area (Å²) in [6.45, 7) is 8.10. The number of amidine groups is 1. The average Bonchev–Trinajstić information content (AvgIpc) is 3.31. The zero-order valence-electron chi connectivity index (χ0n) is 16.0. The quantitative estimate of drug-likeness (QED) is 0.656. The molecule has 0 aromatic heterocycles. The molecule has 5 aliphatic rings. The number of rotatable bonds is 4. The Morgan fingerprint density at radius 2 is 2.04 bits per heavy atom. The first-order valence-corrected chi connectivity index (χ1v) is 10.8. The first-order valence-electron chi connectivity index (χ1n) is 10.8. The van der Waals surface area contributed by atoms with E-state index in [-0.39, 0.29) is 23.7 Å². The van der Waals surface area contributed by atoms with E-state index in [4.69, 9.17) is 0 Å². The van der Waals surface area contributed by atoms with Gasteiger partial charge in [-0.05, 0) is 62.5 Å². The number of nitrogens with zero attached hydrogens (tertiary/aromatic N) is 2. The Hall–Kier alpha value is -1.69. The summed E-state index contributed by atoms with van der Waals surface area (Å²) < 4.78 is 0. The molecule has 5 rings (SSSR count). The van der Waals surface area contributed by atoms with Gasteiger partial charge in [-0.3, -0.25) is 9.79 Å². The van der Waals surface area contributed by atoms with Gasteiger partial charge in [0.05, 0.1) is 18.4 Å². The number of nitrogens with one attached hydrogen (secondary N) is 3. The fourth-order valence-corrected chi connectivity index (χ4v) is 5.93. The van der Waals surface area contributed by atoms with Crippen LogP contribution in [0.15, 0.2) is 22.2 Å². The van der Waals surface area contributed by atoms with Crippen molar-refractivity contribution in [2.24, 2.45) is 39.7 Å². The van der Waals surface area contributed by atoms with Crippen LogP contribution in [0.5, 0.6) is 0 Å². The first-order chi connectivity index (χ1) is 13.2. The van der Waals surface area contributed by atoms with E-state index in [0.717, 1.165) is 62.6 Å². The van der Waals surface area contributed by atoms with Gasteiger partial charge in [-0.15, -0.1) is 0 Å². The van der Waals surface area contributed by atoms with E-state index in [9.17, 15) is 4.79 Å². The molecule has 3 unspecified atom stereocenters. The summed E-state index contributed by atoms with van der Waals surface area (Å²) in [6, 6.07) is 0.268. The third-order valence-electron chi connectivity index (χ3n) is 7.66. The van der Waals surface area contributed by atoms with Crippen LogP contribution in [0.4, 0.5) is 0 Å². The Balaban J connectivity index is 1.25. The predicted molar refractivity (Wildman–Crippen MR) is 107 cm³/mol. The Labute approximate surface area is 161 Å². The van der Waals surface area contributed by atoms with Crippen molar-refractivity contribution >= 4 is 17.3 Å². The molecular formula is C21H31N5O. The van der Waals surface area contributed by atoms with E-state index in [1.165, 1.54) is 25.1 Å². The van der Waals surface area contributed by atoms with Crippen LogP contribution < -0.4 is 16.1 Å². The average molecular weight is 370 g/mol. The number of hydrogen-bond donors (Lipinski definition) is 3. The van der Waals surface area contributed by atoms with E-state index in [0.29, 0.717) is 11.8 Å². The molecular weight excluding hydrogens is 338 g/mol. The minimum absolute atomic E-state index is 0.115. The summed E-state index contributed by atoms with van der Waals surface area (Å²) >= 11 is 0. The van der Waals surface area contributed by atoms with Gasteiger partial charge in [0.25, 0.3) is 0 Å². The van der Waals surface area contributed by atoms with Crippen molar-refractivity contribution in [3.63, 3.8) is 0 Å². The summed E-state index contributed by atoms with van der Waals surface area (Å²) in [5.74, 6) is 3.71. The molecule has 3 fully saturated rings. The maximum atomic E-state index is 13.3. The molecule has 3 aliphatic heterocycles. The van der Waals surface area contributed by atoms with Gasteiger partial charge in [0, 0.05) is 30.8 Å². The van der Waals surface area contributed by atoms with E-state index in [2.05, 4.69) is 32.7 Å². The third-order valence-corrected chi connectivity index (χ3v) is 7.66. The van der Waals surface area contributed by atoms with Gasteiger partial charge in [-0.2, -0.15) is 5.10 Å². The van der Waals surface area contributed by atoms with E-state index >= 15 is 0 Å². The van der Waals surface area contributed by atoms with Gasteiger partial charge in [0.1, 0.15) is 5.71 Å². The first kappa shape index (κ1) is 17.4. The molecule has 6 nitrogen and oxygen atoms in total. The van der Waals surface area contributed by atoms with Gasteiger partial charge >= 0.3 is 0 Å². The van der Waals surface area contributed by atoms with Crippen molar-refractivity contribution in [2.75, 3.05) is 26.2 Å². The SMILES string of the molecule is C=C(C(=O)C1=NN[C@H]2CC(C3=NCCN3)CCC12)[C@H]1CNCCC2CC[C@@H]21. The normalized spacial score (nSPS) is 40.3. The number of aliphatic imine (C=N–C) groups is 1. The number of hydrazone groups is 1. The van der Waals surface area contributed by atoms with Crippen molar-refractivity contribution in [1.29, 1.82) is 0 Å². The topological polar surface area (TPSA) is 77.9 Å². The highest BCUT2D eigenvalue weighted by atomic mass is 16.1. The molecule has 3 heterocycles. The maximum Gasteiger partial charge on any atom is 0.205 e. The molecule has 0 bridgehead atoms. The van der Waals surface area contributed by atoms with Gasteiger partial charge < -0.3 is 16.1 Å². The second kappa shape index (κ2) is 7.04. The monoisotopic (exact) mass is 369 g/mol. The number of ketones is 1. The smallest absolute Gasteiger partial charge is 0.205 e. The lowest BCUT2D eigenvalue weighted by Gasteiger charge is -2.40. The number of hydrogen-bond acceptors (Lipinski definition) is 6. The molecule has 2 aliphatic carbocycles. The summed E-state index contributed by atoms with van der Waals surface area (Å²) in [7, 11) is 0. The van der Waals surface area contributed by atoms with Crippen LogP contribution in [-0.2, 0) is 4.79 Å². The van der Waals surface area contributed by atoms with Gasteiger partial charge in [0.15, 0.2) is 0 Å². The second-order valence-electron chi connectivity index (χ2n) is 9.00. The Bertz CT molecular complexity index is 699. The minimum Gasteiger partial charge on any atom is -0.372 e. The summed E-state index contributed by atoms with van der Waals surface area (Å²) in [5, 5.41) is 11.5. The lowest BCUT2D eigenvalue weighted by atomic mass is 9.64. The van der Waals surface area contributed by atoms with Crippen LogP contribution in [0.2, 0.25) is 0 Å². The van der Waals surface area contributed by atoms with Crippen molar-refractivity contribution in [1.82, 2.24) is 16.1 Å². The highest BCUT2D eigenvalue weighted by Crippen LogP contribution is 2.45. The standard InChI is InChI=1S/C21H31N5O/c1-12(17-11-22-7-6-13-2-4-15(13)17)20(27)19-16-5-3-14(10-18(16)25-26-19)21-23-8-9-24-21/h13-18,22,25H,1-11H2,(H,23,24)/t13?,14?,15-,16?,17+,18-/m0/s1. The van der Waals surface area contributed by atoms with E-state index < -0.39 is 0 Å². The summed E-state index contributed by atoms with van der Waals surface area (Å²) in [4.78, 5) is 17.9. The van der Waals surface area contributed by atoms with Crippen molar-refractivity contribution in [2.45, 2.75) is 44.6 Å². The Kier molecular flexibility index (Phi) is 4.54.